The molecule has 0 aliphatic rings. The van der Waals surface area contributed by atoms with Gasteiger partial charge in [0.05, 0.1) is 19.8 Å². The van der Waals surface area contributed by atoms with E-state index in [1.54, 1.807) is 0 Å². The van der Waals surface area contributed by atoms with E-state index in [-0.39, 0.29) is 0 Å². The van der Waals surface area contributed by atoms with Crippen LogP contribution in [0.3, 0.4) is 0 Å². The molecule has 0 N–H and O–H groups in total. The fraction of sp³-hybridized carbons (Fsp3) is 1.00. The SMILES string of the molecule is CC(I)OCCOCCI. The van der Waals surface area contributed by atoms with E-state index in [0.717, 1.165) is 17.6 Å². The third-order valence-corrected chi connectivity index (χ3v) is 1.60. The minimum absolute atomic E-state index is 0.292. The molecule has 10 heavy (non-hydrogen) atoms. The zero-order chi connectivity index (χ0) is 7.82. The summed E-state index contributed by atoms with van der Waals surface area (Å²) in [5, 5.41) is 0. The standard InChI is InChI=1S/C6H12I2O2/c1-6(8)10-5-4-9-3-2-7/h6H,2-5H2,1H3. The Kier molecular flexibility index (Phi) is 9.65. The molecule has 0 aliphatic carbocycles. The first-order valence-electron chi connectivity index (χ1n) is 3.16. The summed E-state index contributed by atoms with van der Waals surface area (Å²) in [7, 11) is 0. The first-order chi connectivity index (χ1) is 4.77. The summed E-state index contributed by atoms with van der Waals surface area (Å²) in [4.78, 5) is 0. The zero-order valence-electron chi connectivity index (χ0n) is 5.98. The van der Waals surface area contributed by atoms with Gasteiger partial charge in [-0.25, -0.2) is 0 Å². The summed E-state index contributed by atoms with van der Waals surface area (Å²) in [6.45, 7) is 4.27. The third-order valence-electron chi connectivity index (χ3n) is 0.797. The number of halogens is 2. The lowest BCUT2D eigenvalue weighted by Gasteiger charge is -2.05. The molecule has 0 aromatic heterocycles. The van der Waals surface area contributed by atoms with Crippen molar-refractivity contribution in [2.75, 3.05) is 24.2 Å². The second-order valence-corrected chi connectivity index (χ2v) is 4.55. The maximum Gasteiger partial charge on any atom is 0.106 e. The van der Waals surface area contributed by atoms with Crippen molar-refractivity contribution in [3.05, 3.63) is 0 Å². The van der Waals surface area contributed by atoms with Gasteiger partial charge in [0.1, 0.15) is 4.11 Å². The van der Waals surface area contributed by atoms with Gasteiger partial charge in [0.25, 0.3) is 0 Å². The average Bonchev–Trinajstić information content (AvgIpc) is 1.87. The summed E-state index contributed by atoms with van der Waals surface area (Å²) in [6, 6.07) is 0. The van der Waals surface area contributed by atoms with Gasteiger partial charge in [-0.15, -0.1) is 0 Å². The van der Waals surface area contributed by atoms with Crippen LogP contribution in [0, 0.1) is 0 Å². The fourth-order valence-corrected chi connectivity index (χ4v) is 0.992. The molecule has 0 aromatic carbocycles. The Morgan fingerprint density at radius 2 is 2.00 bits per heavy atom. The molecule has 0 radical (unpaired) electrons. The van der Waals surface area contributed by atoms with Crippen molar-refractivity contribution in [1.29, 1.82) is 0 Å². The Labute approximate surface area is 89.3 Å². The van der Waals surface area contributed by atoms with E-state index in [1.165, 1.54) is 0 Å². The Hall–Kier alpha value is 1.38. The zero-order valence-corrected chi connectivity index (χ0v) is 10.3. The molecule has 0 bridgehead atoms. The lowest BCUT2D eigenvalue weighted by Crippen LogP contribution is -2.08. The van der Waals surface area contributed by atoms with Crippen molar-refractivity contribution >= 4 is 45.2 Å². The Balaban J connectivity index is 2.77. The fourth-order valence-electron chi connectivity index (χ4n) is 0.426. The van der Waals surface area contributed by atoms with E-state index in [2.05, 4.69) is 45.2 Å². The van der Waals surface area contributed by atoms with Crippen molar-refractivity contribution in [2.24, 2.45) is 0 Å². The summed E-state index contributed by atoms with van der Waals surface area (Å²) >= 11 is 4.51. The molecule has 0 fully saturated rings. The van der Waals surface area contributed by atoms with Gasteiger partial charge < -0.3 is 9.47 Å². The molecule has 0 heterocycles. The van der Waals surface area contributed by atoms with Crippen LogP contribution in [0.2, 0.25) is 0 Å². The highest BCUT2D eigenvalue weighted by molar-refractivity contribution is 14.1. The summed E-state index contributed by atoms with van der Waals surface area (Å²) in [6.07, 6.45) is 0. The molecule has 62 valence electrons. The molecule has 0 saturated heterocycles. The minimum Gasteiger partial charge on any atom is -0.378 e. The van der Waals surface area contributed by atoms with Gasteiger partial charge in [-0.3, -0.25) is 0 Å². The lowest BCUT2D eigenvalue weighted by molar-refractivity contribution is 0.0538. The highest BCUT2D eigenvalue weighted by Crippen LogP contribution is 1.98. The molecule has 0 saturated carbocycles. The first-order valence-corrected chi connectivity index (χ1v) is 5.94. The number of hydrogen-bond acceptors (Lipinski definition) is 2. The summed E-state index contributed by atoms with van der Waals surface area (Å²) in [5.74, 6) is 0. The van der Waals surface area contributed by atoms with E-state index >= 15 is 0 Å². The van der Waals surface area contributed by atoms with Crippen LogP contribution in [0.5, 0.6) is 0 Å². The number of ether oxygens (including phenoxy) is 2. The maximum absolute atomic E-state index is 5.25. The quantitative estimate of drug-likeness (QED) is 0.406. The predicted octanol–water partition coefficient (Wildman–Crippen LogP) is 2.24. The van der Waals surface area contributed by atoms with Crippen molar-refractivity contribution in [3.8, 4) is 0 Å². The normalized spacial score (nSPS) is 13.5. The second kappa shape index (κ2) is 8.48. The summed E-state index contributed by atoms with van der Waals surface area (Å²) in [5.41, 5.74) is 0. The molecule has 1 atom stereocenters. The second-order valence-electron chi connectivity index (χ2n) is 1.72. The number of alkyl halides is 2. The van der Waals surface area contributed by atoms with Crippen LogP contribution >= 0.6 is 45.2 Å². The highest BCUT2D eigenvalue weighted by Gasteiger charge is 1.92. The lowest BCUT2D eigenvalue weighted by atomic mass is 10.7. The molecule has 0 aliphatic heterocycles. The molecular formula is C6H12I2O2. The van der Waals surface area contributed by atoms with Crippen molar-refractivity contribution in [3.63, 3.8) is 0 Å². The smallest absolute Gasteiger partial charge is 0.106 e. The molecule has 0 aromatic rings. The monoisotopic (exact) mass is 370 g/mol. The van der Waals surface area contributed by atoms with Gasteiger partial charge in [0.2, 0.25) is 0 Å². The largest absolute Gasteiger partial charge is 0.378 e. The van der Waals surface area contributed by atoms with Crippen LogP contribution in [-0.4, -0.2) is 28.4 Å². The van der Waals surface area contributed by atoms with E-state index in [1.807, 2.05) is 6.92 Å². The Morgan fingerprint density at radius 3 is 2.50 bits per heavy atom. The molecule has 0 spiro atoms. The van der Waals surface area contributed by atoms with Crippen LogP contribution in [0.1, 0.15) is 6.92 Å². The van der Waals surface area contributed by atoms with Gasteiger partial charge in [-0.2, -0.15) is 0 Å². The Morgan fingerprint density at radius 1 is 1.30 bits per heavy atom. The van der Waals surface area contributed by atoms with Gasteiger partial charge >= 0.3 is 0 Å². The van der Waals surface area contributed by atoms with Gasteiger partial charge in [-0.05, 0) is 6.92 Å². The van der Waals surface area contributed by atoms with Crippen molar-refractivity contribution in [2.45, 2.75) is 11.0 Å². The van der Waals surface area contributed by atoms with E-state index < -0.39 is 0 Å². The van der Waals surface area contributed by atoms with Gasteiger partial charge in [0, 0.05) is 4.43 Å². The van der Waals surface area contributed by atoms with Gasteiger partial charge in [-0.1, -0.05) is 45.2 Å². The topological polar surface area (TPSA) is 18.5 Å². The molecule has 2 nitrogen and oxygen atoms in total. The van der Waals surface area contributed by atoms with E-state index in [4.69, 9.17) is 9.47 Å². The van der Waals surface area contributed by atoms with E-state index in [9.17, 15) is 0 Å². The van der Waals surface area contributed by atoms with Crippen LogP contribution in [0.15, 0.2) is 0 Å². The summed E-state index contributed by atoms with van der Waals surface area (Å²) < 4.78 is 11.8. The highest BCUT2D eigenvalue weighted by atomic mass is 127. The molecule has 0 amide bonds. The van der Waals surface area contributed by atoms with Crippen LogP contribution in [0.4, 0.5) is 0 Å². The number of rotatable bonds is 6. The number of hydrogen-bond donors (Lipinski definition) is 0. The molecule has 4 heteroatoms. The van der Waals surface area contributed by atoms with Crippen molar-refractivity contribution < 1.29 is 9.47 Å². The van der Waals surface area contributed by atoms with E-state index in [0.29, 0.717) is 10.7 Å². The average molecular weight is 370 g/mol. The van der Waals surface area contributed by atoms with Crippen LogP contribution < -0.4 is 0 Å². The van der Waals surface area contributed by atoms with Gasteiger partial charge in [0.15, 0.2) is 0 Å². The molecular weight excluding hydrogens is 358 g/mol. The van der Waals surface area contributed by atoms with Crippen LogP contribution in [-0.2, 0) is 9.47 Å². The van der Waals surface area contributed by atoms with Crippen molar-refractivity contribution in [1.82, 2.24) is 0 Å². The first kappa shape index (κ1) is 11.4. The minimum atomic E-state index is 0.292. The molecule has 0 rings (SSSR count). The Bertz CT molecular complexity index is 68.8. The third kappa shape index (κ3) is 9.38. The van der Waals surface area contributed by atoms with Crippen LogP contribution in [0.25, 0.3) is 0 Å². The maximum atomic E-state index is 5.25. The molecule has 1 unspecified atom stereocenters. The predicted molar refractivity (Wildman–Crippen MR) is 59.1 cm³/mol.